The molecule has 0 bridgehead atoms. The Morgan fingerprint density at radius 3 is 2.83 bits per heavy atom. The third-order valence-corrected chi connectivity index (χ3v) is 3.82. The van der Waals surface area contributed by atoms with Gasteiger partial charge in [0.25, 0.3) is 0 Å². The minimum Gasteiger partial charge on any atom is -0.262 e. The molecule has 0 unspecified atom stereocenters. The number of hydrogen-bond donors (Lipinski definition) is 1. The highest BCUT2D eigenvalue weighted by Crippen LogP contribution is 2.34. The van der Waals surface area contributed by atoms with Crippen LogP contribution < -0.4 is 0 Å². The molecule has 0 radical (unpaired) electrons. The van der Waals surface area contributed by atoms with Crippen LogP contribution in [-0.4, -0.2) is 15.2 Å². The van der Waals surface area contributed by atoms with Gasteiger partial charge in [0, 0.05) is 11.5 Å². The van der Waals surface area contributed by atoms with Gasteiger partial charge in [0.05, 0.1) is 5.02 Å². The van der Waals surface area contributed by atoms with Gasteiger partial charge >= 0.3 is 0 Å². The molecule has 1 heterocycles. The number of aromatic amines is 1. The fourth-order valence-electron chi connectivity index (χ4n) is 2.45. The number of rotatable bonds is 2. The fraction of sp³-hybridized carbons (Fsp3) is 0.385. The van der Waals surface area contributed by atoms with Crippen molar-refractivity contribution in [2.24, 2.45) is 0 Å². The van der Waals surface area contributed by atoms with E-state index < -0.39 is 5.82 Å². The van der Waals surface area contributed by atoms with Crippen molar-refractivity contribution in [3.8, 4) is 11.4 Å². The Hall–Kier alpha value is -1.42. The van der Waals surface area contributed by atoms with Crippen LogP contribution in [-0.2, 0) is 0 Å². The average molecular weight is 266 g/mol. The van der Waals surface area contributed by atoms with Gasteiger partial charge in [0.15, 0.2) is 5.82 Å². The summed E-state index contributed by atoms with van der Waals surface area (Å²) in [4.78, 5) is 4.45. The Balaban J connectivity index is 1.95. The standard InChI is InChI=1S/C13H13ClFN3/c14-11-9(6-3-7-10(11)15)13-16-12(17-18-13)8-4-1-2-5-8/h3,6-8H,1-2,4-5H2,(H,16,17,18). The molecule has 1 aromatic heterocycles. The molecule has 0 atom stereocenters. The second-order valence-electron chi connectivity index (χ2n) is 4.63. The average Bonchev–Trinajstić information content (AvgIpc) is 3.01. The maximum absolute atomic E-state index is 13.4. The quantitative estimate of drug-likeness (QED) is 0.894. The summed E-state index contributed by atoms with van der Waals surface area (Å²) < 4.78 is 13.4. The van der Waals surface area contributed by atoms with Crippen molar-refractivity contribution in [3.05, 3.63) is 34.9 Å². The molecule has 3 rings (SSSR count). The lowest BCUT2D eigenvalue weighted by atomic mass is 10.1. The number of nitrogens with zero attached hydrogens (tertiary/aromatic N) is 2. The Labute approximate surface area is 109 Å². The highest BCUT2D eigenvalue weighted by atomic mass is 35.5. The normalized spacial score (nSPS) is 16.3. The van der Waals surface area contributed by atoms with E-state index in [9.17, 15) is 4.39 Å². The highest BCUT2D eigenvalue weighted by Gasteiger charge is 2.21. The monoisotopic (exact) mass is 265 g/mol. The molecule has 0 spiro atoms. The Kier molecular flexibility index (Phi) is 3.04. The van der Waals surface area contributed by atoms with Gasteiger partial charge in [-0.15, -0.1) is 0 Å². The van der Waals surface area contributed by atoms with Crippen molar-refractivity contribution >= 4 is 11.6 Å². The number of hydrogen-bond acceptors (Lipinski definition) is 2. The third kappa shape index (κ3) is 2.01. The smallest absolute Gasteiger partial charge is 0.182 e. The van der Waals surface area contributed by atoms with E-state index in [-0.39, 0.29) is 5.02 Å². The van der Waals surface area contributed by atoms with Crippen LogP contribution in [0.1, 0.15) is 37.4 Å². The topological polar surface area (TPSA) is 41.6 Å². The molecule has 0 amide bonds. The Morgan fingerprint density at radius 2 is 2.06 bits per heavy atom. The Morgan fingerprint density at radius 1 is 1.28 bits per heavy atom. The van der Waals surface area contributed by atoms with Crippen LogP contribution in [0.25, 0.3) is 11.4 Å². The van der Waals surface area contributed by atoms with Gasteiger partial charge in [-0.05, 0) is 25.0 Å². The Bertz CT molecular complexity index is 561. The SMILES string of the molecule is Fc1cccc(-c2n[nH]c(C3CCCC3)n2)c1Cl. The van der Waals surface area contributed by atoms with Crippen molar-refractivity contribution in [3.63, 3.8) is 0 Å². The van der Waals surface area contributed by atoms with E-state index in [4.69, 9.17) is 11.6 Å². The van der Waals surface area contributed by atoms with Crippen LogP contribution in [0.5, 0.6) is 0 Å². The maximum atomic E-state index is 13.4. The molecule has 1 aliphatic carbocycles. The second kappa shape index (κ2) is 4.69. The summed E-state index contributed by atoms with van der Waals surface area (Å²) in [6, 6.07) is 4.67. The molecular formula is C13H13ClFN3. The molecule has 1 saturated carbocycles. The minimum absolute atomic E-state index is 0.0782. The molecule has 18 heavy (non-hydrogen) atoms. The highest BCUT2D eigenvalue weighted by molar-refractivity contribution is 6.33. The first kappa shape index (κ1) is 11.7. The first-order chi connectivity index (χ1) is 8.75. The molecule has 0 saturated heterocycles. The van der Waals surface area contributed by atoms with E-state index in [0.29, 0.717) is 17.3 Å². The summed E-state index contributed by atoms with van der Waals surface area (Å²) in [6.07, 6.45) is 4.76. The molecule has 1 N–H and O–H groups in total. The van der Waals surface area contributed by atoms with E-state index in [1.54, 1.807) is 12.1 Å². The predicted octanol–water partition coefficient (Wildman–Crippen LogP) is 3.92. The van der Waals surface area contributed by atoms with Crippen LogP contribution in [0.4, 0.5) is 4.39 Å². The van der Waals surface area contributed by atoms with E-state index in [1.165, 1.54) is 18.9 Å². The van der Waals surface area contributed by atoms with Crippen LogP contribution in [0.2, 0.25) is 5.02 Å². The van der Waals surface area contributed by atoms with Crippen LogP contribution in [0, 0.1) is 5.82 Å². The number of benzene rings is 1. The summed E-state index contributed by atoms with van der Waals surface area (Å²) in [5, 5.41) is 7.17. The van der Waals surface area contributed by atoms with Gasteiger partial charge in [-0.1, -0.05) is 30.5 Å². The third-order valence-electron chi connectivity index (χ3n) is 3.44. The first-order valence-corrected chi connectivity index (χ1v) is 6.50. The number of H-pyrrole nitrogens is 1. The van der Waals surface area contributed by atoms with Crippen molar-refractivity contribution < 1.29 is 4.39 Å². The number of halogens is 2. The molecule has 1 fully saturated rings. The molecule has 1 aromatic carbocycles. The molecule has 94 valence electrons. The lowest BCUT2D eigenvalue weighted by molar-refractivity contribution is 0.628. The molecule has 2 aromatic rings. The molecule has 3 nitrogen and oxygen atoms in total. The number of aromatic nitrogens is 3. The summed E-state index contributed by atoms with van der Waals surface area (Å²) >= 11 is 5.93. The van der Waals surface area contributed by atoms with Crippen molar-refractivity contribution in [1.29, 1.82) is 0 Å². The lowest BCUT2D eigenvalue weighted by Crippen LogP contribution is -1.94. The predicted molar refractivity (Wildman–Crippen MR) is 68.0 cm³/mol. The summed E-state index contributed by atoms with van der Waals surface area (Å²) in [5.74, 6) is 1.38. The van der Waals surface area contributed by atoms with Crippen molar-refractivity contribution in [2.75, 3.05) is 0 Å². The van der Waals surface area contributed by atoms with E-state index >= 15 is 0 Å². The van der Waals surface area contributed by atoms with Crippen LogP contribution in [0.3, 0.4) is 0 Å². The fourth-order valence-corrected chi connectivity index (χ4v) is 2.66. The summed E-state index contributed by atoms with van der Waals surface area (Å²) in [7, 11) is 0. The zero-order chi connectivity index (χ0) is 12.5. The molecular weight excluding hydrogens is 253 g/mol. The lowest BCUT2D eigenvalue weighted by Gasteiger charge is -2.02. The van der Waals surface area contributed by atoms with E-state index in [1.807, 2.05) is 0 Å². The molecule has 5 heteroatoms. The van der Waals surface area contributed by atoms with Crippen molar-refractivity contribution in [2.45, 2.75) is 31.6 Å². The zero-order valence-corrected chi connectivity index (χ0v) is 10.5. The summed E-state index contributed by atoms with van der Waals surface area (Å²) in [5.41, 5.74) is 0.539. The largest absolute Gasteiger partial charge is 0.262 e. The van der Waals surface area contributed by atoms with Gasteiger partial charge in [-0.3, -0.25) is 5.10 Å². The number of nitrogens with one attached hydrogen (secondary N) is 1. The van der Waals surface area contributed by atoms with Gasteiger partial charge in [-0.25, -0.2) is 9.37 Å². The maximum Gasteiger partial charge on any atom is 0.182 e. The van der Waals surface area contributed by atoms with Gasteiger partial charge in [0.1, 0.15) is 11.6 Å². The molecule has 0 aliphatic heterocycles. The molecule has 1 aliphatic rings. The minimum atomic E-state index is -0.443. The second-order valence-corrected chi connectivity index (χ2v) is 5.00. The van der Waals surface area contributed by atoms with Gasteiger partial charge in [-0.2, -0.15) is 5.10 Å². The zero-order valence-electron chi connectivity index (χ0n) is 9.79. The van der Waals surface area contributed by atoms with Gasteiger partial charge in [0.2, 0.25) is 0 Å². The van der Waals surface area contributed by atoms with Gasteiger partial charge < -0.3 is 0 Å². The van der Waals surface area contributed by atoms with Crippen LogP contribution in [0.15, 0.2) is 18.2 Å². The van der Waals surface area contributed by atoms with Crippen LogP contribution >= 0.6 is 11.6 Å². The van der Waals surface area contributed by atoms with E-state index in [2.05, 4.69) is 15.2 Å². The first-order valence-electron chi connectivity index (χ1n) is 6.12. The van der Waals surface area contributed by atoms with E-state index in [0.717, 1.165) is 18.7 Å². The summed E-state index contributed by atoms with van der Waals surface area (Å²) in [6.45, 7) is 0. The van der Waals surface area contributed by atoms with Crippen molar-refractivity contribution in [1.82, 2.24) is 15.2 Å².